The summed E-state index contributed by atoms with van der Waals surface area (Å²) >= 11 is 7.07. The Morgan fingerprint density at radius 2 is 1.83 bits per heavy atom. The molecule has 100 valence electrons. The molecule has 0 aliphatic carbocycles. The average molecular weight is 308 g/mol. The van der Waals surface area contributed by atoms with Crippen molar-refractivity contribution in [3.8, 4) is 0 Å². The summed E-state index contributed by atoms with van der Waals surface area (Å²) in [6.45, 7) is 1.85. The van der Waals surface area contributed by atoms with Gasteiger partial charge in [-0.2, -0.15) is 4.31 Å². The van der Waals surface area contributed by atoms with E-state index in [1.807, 2.05) is 12.1 Å². The molecule has 1 aromatic rings. The number of morpholine rings is 1. The van der Waals surface area contributed by atoms with Crippen LogP contribution in [0.1, 0.15) is 0 Å². The lowest BCUT2D eigenvalue weighted by atomic mass is 10.4. The van der Waals surface area contributed by atoms with Gasteiger partial charge in [0.05, 0.1) is 13.2 Å². The van der Waals surface area contributed by atoms with Crippen LogP contribution < -0.4 is 0 Å². The Hall–Kier alpha value is -0.270. The molecule has 1 aromatic carbocycles. The minimum Gasteiger partial charge on any atom is -0.379 e. The molecule has 0 radical (unpaired) electrons. The van der Waals surface area contributed by atoms with Crippen LogP contribution in [0.5, 0.6) is 0 Å². The lowest BCUT2D eigenvalue weighted by molar-refractivity contribution is 0.0732. The van der Waals surface area contributed by atoms with Gasteiger partial charge in [-0.25, -0.2) is 8.42 Å². The van der Waals surface area contributed by atoms with E-state index in [4.69, 9.17) is 16.3 Å². The Bertz CT molecular complexity index is 484. The van der Waals surface area contributed by atoms with E-state index in [-0.39, 0.29) is 5.08 Å². The summed E-state index contributed by atoms with van der Waals surface area (Å²) in [5.41, 5.74) is 0. The predicted molar refractivity (Wildman–Crippen MR) is 73.5 cm³/mol. The molecule has 1 heterocycles. The minimum atomic E-state index is -3.21. The van der Waals surface area contributed by atoms with Gasteiger partial charge in [-0.3, -0.25) is 0 Å². The standard InChI is InChI=1S/C11H14ClNO3S2/c12-10-1-3-11(4-2-10)17-9-18(14,15)13-5-7-16-8-6-13/h1-4H,5-9H2. The maximum atomic E-state index is 12.0. The van der Waals surface area contributed by atoms with Crippen molar-refractivity contribution in [2.45, 2.75) is 4.90 Å². The molecule has 0 aromatic heterocycles. The summed E-state index contributed by atoms with van der Waals surface area (Å²) in [7, 11) is -3.21. The molecule has 0 bridgehead atoms. The lowest BCUT2D eigenvalue weighted by Gasteiger charge is -2.25. The number of thioether (sulfide) groups is 1. The first-order valence-electron chi connectivity index (χ1n) is 5.52. The normalized spacial score (nSPS) is 17.8. The SMILES string of the molecule is O=S(=O)(CSc1ccc(Cl)cc1)N1CCOCC1. The van der Waals surface area contributed by atoms with Crippen LogP contribution in [0.2, 0.25) is 5.02 Å². The molecule has 0 unspecified atom stereocenters. The van der Waals surface area contributed by atoms with Crippen LogP contribution in [-0.4, -0.2) is 44.1 Å². The van der Waals surface area contributed by atoms with E-state index in [9.17, 15) is 8.42 Å². The fraction of sp³-hybridized carbons (Fsp3) is 0.455. The quantitative estimate of drug-likeness (QED) is 0.799. The van der Waals surface area contributed by atoms with Gasteiger partial charge in [0.25, 0.3) is 0 Å². The Balaban J connectivity index is 1.94. The monoisotopic (exact) mass is 307 g/mol. The fourth-order valence-corrected chi connectivity index (χ4v) is 4.47. The molecule has 1 saturated heterocycles. The minimum absolute atomic E-state index is 0.0502. The van der Waals surface area contributed by atoms with Crippen LogP contribution in [0.15, 0.2) is 29.2 Å². The number of nitrogens with zero attached hydrogens (tertiary/aromatic N) is 1. The van der Waals surface area contributed by atoms with Gasteiger partial charge in [0, 0.05) is 23.0 Å². The van der Waals surface area contributed by atoms with Crippen molar-refractivity contribution in [3.05, 3.63) is 29.3 Å². The van der Waals surface area contributed by atoms with Crippen molar-refractivity contribution in [2.24, 2.45) is 0 Å². The first-order chi connectivity index (χ1) is 8.58. The zero-order valence-electron chi connectivity index (χ0n) is 9.71. The second-order valence-corrected chi connectivity index (χ2v) is 7.66. The first-order valence-corrected chi connectivity index (χ1v) is 8.49. The smallest absolute Gasteiger partial charge is 0.224 e. The Morgan fingerprint density at radius 3 is 2.44 bits per heavy atom. The van der Waals surface area contributed by atoms with E-state index in [2.05, 4.69) is 0 Å². The number of rotatable bonds is 4. The van der Waals surface area contributed by atoms with E-state index >= 15 is 0 Å². The molecule has 0 saturated carbocycles. The van der Waals surface area contributed by atoms with E-state index in [1.54, 1.807) is 12.1 Å². The van der Waals surface area contributed by atoms with Gasteiger partial charge in [-0.05, 0) is 24.3 Å². The summed E-state index contributed by atoms with van der Waals surface area (Å²) in [4.78, 5) is 0.899. The van der Waals surface area contributed by atoms with Gasteiger partial charge in [0.2, 0.25) is 10.0 Å². The summed E-state index contributed by atoms with van der Waals surface area (Å²) < 4.78 is 30.7. The molecular weight excluding hydrogens is 294 g/mol. The number of benzene rings is 1. The number of ether oxygens (including phenoxy) is 1. The van der Waals surface area contributed by atoms with Crippen LogP contribution in [0.25, 0.3) is 0 Å². The number of hydrogen-bond donors (Lipinski definition) is 0. The van der Waals surface area contributed by atoms with E-state index in [0.29, 0.717) is 31.3 Å². The molecule has 1 aliphatic heterocycles. The highest BCUT2D eigenvalue weighted by Gasteiger charge is 2.24. The van der Waals surface area contributed by atoms with E-state index < -0.39 is 10.0 Å². The Labute approximate surface area is 116 Å². The molecule has 0 atom stereocenters. The van der Waals surface area contributed by atoms with Gasteiger partial charge < -0.3 is 4.74 Å². The van der Waals surface area contributed by atoms with E-state index in [0.717, 1.165) is 4.90 Å². The summed E-state index contributed by atoms with van der Waals surface area (Å²) in [5.74, 6) is 0. The van der Waals surface area contributed by atoms with Crippen molar-refractivity contribution < 1.29 is 13.2 Å². The Kier molecular flexibility index (Phi) is 4.91. The van der Waals surface area contributed by atoms with Crippen LogP contribution >= 0.6 is 23.4 Å². The molecule has 0 N–H and O–H groups in total. The molecule has 1 fully saturated rings. The van der Waals surface area contributed by atoms with Gasteiger partial charge in [-0.15, -0.1) is 11.8 Å². The van der Waals surface area contributed by atoms with Crippen LogP contribution in [0, 0.1) is 0 Å². The number of hydrogen-bond acceptors (Lipinski definition) is 4. The molecule has 2 rings (SSSR count). The molecular formula is C11H14ClNO3S2. The topological polar surface area (TPSA) is 46.6 Å². The van der Waals surface area contributed by atoms with Crippen LogP contribution in [0.3, 0.4) is 0 Å². The highest BCUT2D eigenvalue weighted by atomic mass is 35.5. The predicted octanol–water partition coefficient (Wildman–Crippen LogP) is 2.05. The second kappa shape index (κ2) is 6.25. The second-order valence-electron chi connectivity index (χ2n) is 3.84. The van der Waals surface area contributed by atoms with Gasteiger partial charge in [0.15, 0.2) is 0 Å². The highest BCUT2D eigenvalue weighted by molar-refractivity contribution is 8.11. The van der Waals surface area contributed by atoms with Crippen molar-refractivity contribution in [3.63, 3.8) is 0 Å². The fourth-order valence-electron chi connectivity index (χ4n) is 1.57. The van der Waals surface area contributed by atoms with Gasteiger partial charge >= 0.3 is 0 Å². The molecule has 0 amide bonds. The molecule has 18 heavy (non-hydrogen) atoms. The average Bonchev–Trinajstić information content (AvgIpc) is 2.39. The third kappa shape index (κ3) is 3.86. The van der Waals surface area contributed by atoms with Crippen molar-refractivity contribution in [2.75, 3.05) is 31.4 Å². The summed E-state index contributed by atoms with van der Waals surface area (Å²) in [5, 5.41) is 0.699. The first kappa shape index (κ1) is 14.1. The molecule has 7 heteroatoms. The van der Waals surface area contributed by atoms with Crippen molar-refractivity contribution in [1.82, 2.24) is 4.31 Å². The molecule has 1 aliphatic rings. The number of sulfonamides is 1. The molecule has 0 spiro atoms. The summed E-state index contributed by atoms with van der Waals surface area (Å²) in [6.07, 6.45) is 0. The zero-order chi connectivity index (χ0) is 13.0. The van der Waals surface area contributed by atoms with Gasteiger partial charge in [0.1, 0.15) is 5.08 Å². The van der Waals surface area contributed by atoms with Crippen molar-refractivity contribution in [1.29, 1.82) is 0 Å². The molecule has 4 nitrogen and oxygen atoms in total. The largest absolute Gasteiger partial charge is 0.379 e. The lowest BCUT2D eigenvalue weighted by Crippen LogP contribution is -2.41. The number of halogens is 1. The van der Waals surface area contributed by atoms with Crippen molar-refractivity contribution >= 4 is 33.4 Å². The third-order valence-electron chi connectivity index (χ3n) is 2.55. The summed E-state index contributed by atoms with van der Waals surface area (Å²) in [6, 6.07) is 7.15. The third-order valence-corrected chi connectivity index (χ3v) is 6.22. The van der Waals surface area contributed by atoms with Gasteiger partial charge in [-0.1, -0.05) is 11.6 Å². The van der Waals surface area contributed by atoms with Crippen LogP contribution in [0.4, 0.5) is 0 Å². The van der Waals surface area contributed by atoms with Crippen LogP contribution in [-0.2, 0) is 14.8 Å². The maximum Gasteiger partial charge on any atom is 0.224 e. The Morgan fingerprint density at radius 1 is 1.22 bits per heavy atom. The zero-order valence-corrected chi connectivity index (χ0v) is 12.1. The highest BCUT2D eigenvalue weighted by Crippen LogP contribution is 2.23. The maximum absolute atomic E-state index is 12.0. The van der Waals surface area contributed by atoms with E-state index in [1.165, 1.54) is 16.1 Å².